The first-order valence-electron chi connectivity index (χ1n) is 12.7. The summed E-state index contributed by atoms with van der Waals surface area (Å²) in [7, 11) is 1.43. The van der Waals surface area contributed by atoms with Gasteiger partial charge in [-0.1, -0.05) is 40.6 Å². The molecule has 3 heterocycles. The number of furan rings is 1. The van der Waals surface area contributed by atoms with E-state index in [9.17, 15) is 14.4 Å². The first-order valence-corrected chi connectivity index (χ1v) is 14.3. The third kappa shape index (κ3) is 5.65. The lowest BCUT2D eigenvalue weighted by atomic mass is 9.95. The molecule has 0 radical (unpaired) electrons. The Kier molecular flexibility index (Phi) is 8.40. The lowest BCUT2D eigenvalue weighted by molar-refractivity contribution is -0.139. The van der Waals surface area contributed by atoms with Crippen molar-refractivity contribution in [2.75, 3.05) is 13.7 Å². The molecule has 1 aliphatic rings. The van der Waals surface area contributed by atoms with Gasteiger partial charge in [0.05, 0.1) is 40.6 Å². The van der Waals surface area contributed by atoms with Gasteiger partial charge in [-0.05, 0) is 61.9 Å². The minimum atomic E-state index is -0.886. The van der Waals surface area contributed by atoms with Crippen LogP contribution in [0.15, 0.2) is 74.0 Å². The van der Waals surface area contributed by atoms with Gasteiger partial charge in [-0.2, -0.15) is 0 Å². The normalized spacial score (nSPS) is 14.8. The van der Waals surface area contributed by atoms with Gasteiger partial charge < -0.3 is 18.6 Å². The molecule has 0 aliphatic carbocycles. The fourth-order valence-electron chi connectivity index (χ4n) is 4.59. The topological polar surface area (TPSA) is 109 Å². The van der Waals surface area contributed by atoms with Crippen LogP contribution < -0.4 is 24.4 Å². The average Bonchev–Trinajstić information content (AvgIpc) is 3.52. The Morgan fingerprint density at radius 2 is 1.90 bits per heavy atom. The van der Waals surface area contributed by atoms with E-state index >= 15 is 0 Å². The van der Waals surface area contributed by atoms with E-state index < -0.39 is 18.0 Å². The summed E-state index contributed by atoms with van der Waals surface area (Å²) < 4.78 is 23.8. The smallest absolute Gasteiger partial charge is 0.338 e. The van der Waals surface area contributed by atoms with Gasteiger partial charge in [0.2, 0.25) is 0 Å². The third-order valence-electron chi connectivity index (χ3n) is 6.37. The van der Waals surface area contributed by atoms with Crippen LogP contribution in [0.3, 0.4) is 0 Å². The zero-order valence-electron chi connectivity index (χ0n) is 22.9. The van der Waals surface area contributed by atoms with Crippen molar-refractivity contribution >= 4 is 52.6 Å². The Morgan fingerprint density at radius 1 is 1.12 bits per heavy atom. The Bertz CT molecular complexity index is 1940. The van der Waals surface area contributed by atoms with Gasteiger partial charge in [0, 0.05) is 23.6 Å². The first kappa shape index (κ1) is 29.4. The maximum absolute atomic E-state index is 13.9. The van der Waals surface area contributed by atoms with Crippen molar-refractivity contribution in [3.05, 3.63) is 101 Å². The van der Waals surface area contributed by atoms with Crippen LogP contribution in [0, 0.1) is 0 Å². The predicted octanol–water partition coefficient (Wildman–Crippen LogP) is 5.30. The van der Waals surface area contributed by atoms with Crippen molar-refractivity contribution in [3.63, 3.8) is 0 Å². The Hall–Kier alpha value is -4.12. The molecule has 0 amide bonds. The lowest BCUT2D eigenvalue weighted by Gasteiger charge is -2.25. The summed E-state index contributed by atoms with van der Waals surface area (Å²) in [5.41, 5.74) is 1.42. The van der Waals surface area contributed by atoms with Crippen LogP contribution in [-0.2, 0) is 14.3 Å². The number of ether oxygens (including phenoxy) is 3. The van der Waals surface area contributed by atoms with Crippen LogP contribution in [0.25, 0.3) is 17.4 Å². The minimum Gasteiger partial charge on any atom is -0.493 e. The summed E-state index contributed by atoms with van der Waals surface area (Å²) in [6.07, 6.45) is 1.61. The van der Waals surface area contributed by atoms with E-state index in [1.807, 2.05) is 0 Å². The predicted molar refractivity (Wildman–Crippen MR) is 159 cm³/mol. The molecular weight excluding hydrogens is 603 g/mol. The number of benzene rings is 2. The standard InChI is InChI=1S/C30H24Cl2N2O7S/c1-5-39-29(37)26-15(2)33-30-34(27(26)17-6-10-23(40-16(3)35)24(12-17)38-4)28(36)25(42-30)14-19-8-11-22(41-19)20-9-7-18(31)13-21(20)32/h6-14,27H,5H2,1-4H3/t27-/m0/s1. The Morgan fingerprint density at radius 3 is 2.60 bits per heavy atom. The van der Waals surface area contributed by atoms with E-state index in [-0.39, 0.29) is 29.2 Å². The Labute approximate surface area is 253 Å². The van der Waals surface area contributed by atoms with Crippen molar-refractivity contribution in [1.82, 2.24) is 4.57 Å². The molecule has 2 aromatic carbocycles. The number of thiazole rings is 1. The molecule has 42 heavy (non-hydrogen) atoms. The number of aromatic nitrogens is 1. The molecule has 4 aromatic rings. The number of esters is 2. The van der Waals surface area contributed by atoms with Crippen LogP contribution in [-0.4, -0.2) is 30.2 Å². The number of nitrogens with zero attached hydrogens (tertiary/aromatic N) is 2. The molecule has 0 spiro atoms. The molecule has 5 rings (SSSR count). The Balaban J connectivity index is 1.65. The quantitative estimate of drug-likeness (QED) is 0.202. The van der Waals surface area contributed by atoms with Gasteiger partial charge in [-0.15, -0.1) is 0 Å². The zero-order chi connectivity index (χ0) is 30.1. The second-order valence-corrected chi connectivity index (χ2v) is 11.0. The SMILES string of the molecule is CCOC(=O)C1=C(C)N=c2sc(=Cc3ccc(-c4ccc(Cl)cc4Cl)o3)c(=O)n2[C@H]1c1ccc(OC(C)=O)c(OC)c1. The van der Waals surface area contributed by atoms with Crippen LogP contribution >= 0.6 is 34.5 Å². The molecule has 0 bridgehead atoms. The average molecular weight is 628 g/mol. The van der Waals surface area contributed by atoms with Crippen molar-refractivity contribution in [2.24, 2.45) is 4.99 Å². The summed E-state index contributed by atoms with van der Waals surface area (Å²) in [4.78, 5) is 43.6. The van der Waals surface area contributed by atoms with Crippen LogP contribution in [0.1, 0.15) is 38.1 Å². The van der Waals surface area contributed by atoms with Crippen molar-refractivity contribution in [3.8, 4) is 22.8 Å². The summed E-state index contributed by atoms with van der Waals surface area (Å²) >= 11 is 13.5. The molecule has 1 atom stereocenters. The molecule has 0 saturated carbocycles. The summed E-state index contributed by atoms with van der Waals surface area (Å²) in [6.45, 7) is 4.81. The van der Waals surface area contributed by atoms with E-state index in [1.165, 1.54) is 18.6 Å². The van der Waals surface area contributed by atoms with Gasteiger partial charge in [0.25, 0.3) is 5.56 Å². The van der Waals surface area contributed by atoms with Gasteiger partial charge in [-0.3, -0.25) is 14.2 Å². The molecule has 2 aromatic heterocycles. The van der Waals surface area contributed by atoms with E-state index in [2.05, 4.69) is 4.99 Å². The number of allylic oxidation sites excluding steroid dienone is 1. The van der Waals surface area contributed by atoms with Crippen molar-refractivity contribution in [2.45, 2.75) is 26.8 Å². The molecule has 0 N–H and O–H groups in total. The monoisotopic (exact) mass is 626 g/mol. The van der Waals surface area contributed by atoms with Gasteiger partial charge >= 0.3 is 11.9 Å². The van der Waals surface area contributed by atoms with Crippen molar-refractivity contribution < 1.29 is 28.2 Å². The largest absolute Gasteiger partial charge is 0.493 e. The number of methoxy groups -OCH3 is 1. The van der Waals surface area contributed by atoms with Gasteiger partial charge in [0.1, 0.15) is 11.5 Å². The first-order chi connectivity index (χ1) is 20.1. The van der Waals surface area contributed by atoms with E-state index in [1.54, 1.807) is 68.5 Å². The van der Waals surface area contributed by atoms with Gasteiger partial charge in [-0.25, -0.2) is 9.79 Å². The summed E-state index contributed by atoms with van der Waals surface area (Å²) in [6, 6.07) is 12.5. The number of fused-ring (bicyclic) bond motifs is 1. The summed E-state index contributed by atoms with van der Waals surface area (Å²) in [5, 5.41) is 0.933. The second-order valence-electron chi connectivity index (χ2n) is 9.13. The molecule has 0 saturated heterocycles. The van der Waals surface area contributed by atoms with Crippen LogP contribution in [0.5, 0.6) is 11.5 Å². The highest BCUT2D eigenvalue weighted by molar-refractivity contribution is 7.07. The highest BCUT2D eigenvalue weighted by Crippen LogP contribution is 2.36. The van der Waals surface area contributed by atoms with E-state index in [0.717, 1.165) is 11.3 Å². The number of carbonyl (C=O) groups excluding carboxylic acids is 2. The fourth-order valence-corrected chi connectivity index (χ4v) is 6.12. The number of hydrogen-bond acceptors (Lipinski definition) is 9. The molecule has 9 nitrogen and oxygen atoms in total. The zero-order valence-corrected chi connectivity index (χ0v) is 25.2. The fraction of sp³-hybridized carbons (Fsp3) is 0.200. The van der Waals surface area contributed by atoms with Crippen molar-refractivity contribution in [1.29, 1.82) is 0 Å². The molecule has 0 unspecified atom stereocenters. The van der Waals surface area contributed by atoms with E-state index in [0.29, 0.717) is 47.7 Å². The lowest BCUT2D eigenvalue weighted by Crippen LogP contribution is -2.39. The molecule has 12 heteroatoms. The number of hydrogen-bond donors (Lipinski definition) is 0. The maximum atomic E-state index is 13.9. The second kappa shape index (κ2) is 12.0. The van der Waals surface area contributed by atoms with Crippen LogP contribution in [0.4, 0.5) is 0 Å². The van der Waals surface area contributed by atoms with E-state index in [4.69, 9.17) is 41.8 Å². The number of carbonyl (C=O) groups is 2. The molecule has 1 aliphatic heterocycles. The molecule has 216 valence electrons. The highest BCUT2D eigenvalue weighted by Gasteiger charge is 2.34. The number of rotatable bonds is 7. The van der Waals surface area contributed by atoms with Crippen LogP contribution in [0.2, 0.25) is 10.0 Å². The molecular formula is C30H24Cl2N2O7S. The minimum absolute atomic E-state index is 0.139. The molecule has 0 fully saturated rings. The highest BCUT2D eigenvalue weighted by atomic mass is 35.5. The summed E-state index contributed by atoms with van der Waals surface area (Å²) in [5.74, 6) is 0.272. The number of halogens is 2. The third-order valence-corrected chi connectivity index (χ3v) is 7.90. The van der Waals surface area contributed by atoms with Gasteiger partial charge in [0.15, 0.2) is 16.3 Å². The maximum Gasteiger partial charge on any atom is 0.338 e.